The van der Waals surface area contributed by atoms with E-state index >= 15 is 0 Å². The van der Waals surface area contributed by atoms with Gasteiger partial charge >= 0.3 is 5.97 Å². The second kappa shape index (κ2) is 5.28. The highest BCUT2D eigenvalue weighted by molar-refractivity contribution is 5.76. The van der Waals surface area contributed by atoms with Crippen LogP contribution in [0.25, 0.3) is 11.4 Å². The van der Waals surface area contributed by atoms with Crippen LogP contribution in [0.1, 0.15) is 20.8 Å². The van der Waals surface area contributed by atoms with Crippen LogP contribution in [-0.2, 0) is 10.3 Å². The molecule has 0 spiro atoms. The molecule has 20 heavy (non-hydrogen) atoms. The summed E-state index contributed by atoms with van der Waals surface area (Å²) in [7, 11) is 0. The van der Waals surface area contributed by atoms with Crippen molar-refractivity contribution in [1.82, 2.24) is 20.2 Å². The van der Waals surface area contributed by atoms with Gasteiger partial charge in [0.15, 0.2) is 11.4 Å². The number of hydrogen-bond acceptors (Lipinski definition) is 5. The SMILES string of the molecule is CCOc1ccc(-c2nnnn2C(C)(C)C(=O)O)cc1. The van der Waals surface area contributed by atoms with E-state index in [0.29, 0.717) is 12.4 Å². The zero-order valence-corrected chi connectivity index (χ0v) is 11.6. The minimum atomic E-state index is -1.22. The summed E-state index contributed by atoms with van der Waals surface area (Å²) in [5.41, 5.74) is -0.495. The zero-order valence-electron chi connectivity index (χ0n) is 11.6. The van der Waals surface area contributed by atoms with E-state index in [1.807, 2.05) is 6.92 Å². The molecule has 0 aliphatic rings. The Morgan fingerprint density at radius 3 is 2.55 bits per heavy atom. The summed E-state index contributed by atoms with van der Waals surface area (Å²) in [5.74, 6) is 0.144. The number of carboxylic acid groups (broad SMARTS) is 1. The molecule has 0 saturated carbocycles. The summed E-state index contributed by atoms with van der Waals surface area (Å²) in [6.07, 6.45) is 0. The van der Waals surface area contributed by atoms with Crippen molar-refractivity contribution in [3.63, 3.8) is 0 Å². The predicted molar refractivity (Wildman–Crippen MR) is 71.4 cm³/mol. The largest absolute Gasteiger partial charge is 0.494 e. The van der Waals surface area contributed by atoms with Gasteiger partial charge in [-0.15, -0.1) is 5.10 Å². The monoisotopic (exact) mass is 276 g/mol. The van der Waals surface area contributed by atoms with Crippen LogP contribution in [0, 0.1) is 0 Å². The molecule has 2 aromatic rings. The van der Waals surface area contributed by atoms with E-state index in [2.05, 4.69) is 15.5 Å². The molecule has 1 N–H and O–H groups in total. The van der Waals surface area contributed by atoms with Crippen LogP contribution >= 0.6 is 0 Å². The molecule has 0 atom stereocenters. The van der Waals surface area contributed by atoms with E-state index in [4.69, 9.17) is 4.74 Å². The molecule has 0 aliphatic carbocycles. The maximum Gasteiger partial charge on any atom is 0.331 e. The maximum atomic E-state index is 11.3. The van der Waals surface area contributed by atoms with E-state index in [0.717, 1.165) is 11.3 Å². The third-order valence-electron chi connectivity index (χ3n) is 2.95. The number of aliphatic carboxylic acids is 1. The molecule has 7 heteroatoms. The van der Waals surface area contributed by atoms with Crippen molar-refractivity contribution < 1.29 is 14.6 Å². The van der Waals surface area contributed by atoms with Gasteiger partial charge < -0.3 is 9.84 Å². The second-order valence-corrected chi connectivity index (χ2v) is 4.74. The van der Waals surface area contributed by atoms with Crippen molar-refractivity contribution in [1.29, 1.82) is 0 Å². The van der Waals surface area contributed by atoms with Gasteiger partial charge in [-0.2, -0.15) is 0 Å². The standard InChI is InChI=1S/C13H16N4O3/c1-4-20-10-7-5-9(6-8-10)11-14-15-16-17(11)13(2,3)12(18)19/h5-8H,4H2,1-3H3,(H,18,19). The van der Waals surface area contributed by atoms with Crippen LogP contribution in [0.4, 0.5) is 0 Å². The second-order valence-electron chi connectivity index (χ2n) is 4.74. The van der Waals surface area contributed by atoms with E-state index in [-0.39, 0.29) is 0 Å². The lowest BCUT2D eigenvalue weighted by Gasteiger charge is -2.20. The fourth-order valence-electron chi connectivity index (χ4n) is 1.70. The number of aromatic nitrogens is 4. The number of carbonyl (C=O) groups is 1. The summed E-state index contributed by atoms with van der Waals surface area (Å²) >= 11 is 0. The van der Waals surface area contributed by atoms with Gasteiger partial charge in [0.05, 0.1) is 6.61 Å². The average molecular weight is 276 g/mol. The van der Waals surface area contributed by atoms with Crippen molar-refractivity contribution in [2.24, 2.45) is 0 Å². The molecule has 1 heterocycles. The molecule has 0 unspecified atom stereocenters. The highest BCUT2D eigenvalue weighted by Crippen LogP contribution is 2.24. The molecule has 2 rings (SSSR count). The lowest BCUT2D eigenvalue weighted by Crippen LogP contribution is -2.37. The molecule has 7 nitrogen and oxygen atoms in total. The normalized spacial score (nSPS) is 11.3. The average Bonchev–Trinajstić information content (AvgIpc) is 2.89. The Kier molecular flexibility index (Phi) is 3.69. The van der Waals surface area contributed by atoms with E-state index < -0.39 is 11.5 Å². The number of rotatable bonds is 5. The number of hydrogen-bond donors (Lipinski definition) is 1. The van der Waals surface area contributed by atoms with Crippen molar-refractivity contribution in [3.05, 3.63) is 24.3 Å². The Morgan fingerprint density at radius 1 is 1.35 bits per heavy atom. The lowest BCUT2D eigenvalue weighted by molar-refractivity contribution is -0.146. The van der Waals surface area contributed by atoms with Gasteiger partial charge in [0.25, 0.3) is 0 Å². The van der Waals surface area contributed by atoms with Gasteiger partial charge in [-0.25, -0.2) is 9.48 Å². The van der Waals surface area contributed by atoms with Gasteiger partial charge in [-0.1, -0.05) is 0 Å². The number of nitrogens with zero attached hydrogens (tertiary/aromatic N) is 4. The first-order chi connectivity index (χ1) is 9.46. The van der Waals surface area contributed by atoms with E-state index in [1.165, 1.54) is 4.68 Å². The van der Waals surface area contributed by atoms with Gasteiger partial charge in [-0.3, -0.25) is 0 Å². The molecule has 0 radical (unpaired) electrons. The van der Waals surface area contributed by atoms with Gasteiger partial charge in [-0.05, 0) is 55.5 Å². The molecular formula is C13H16N4O3. The summed E-state index contributed by atoms with van der Waals surface area (Å²) in [6, 6.07) is 7.19. The summed E-state index contributed by atoms with van der Waals surface area (Å²) in [4.78, 5) is 11.3. The number of carboxylic acids is 1. The number of tetrazole rings is 1. The molecule has 1 aromatic carbocycles. The Hall–Kier alpha value is -2.44. The highest BCUT2D eigenvalue weighted by Gasteiger charge is 2.33. The Bertz CT molecular complexity index is 604. The highest BCUT2D eigenvalue weighted by atomic mass is 16.5. The molecule has 0 aliphatic heterocycles. The van der Waals surface area contributed by atoms with Crippen molar-refractivity contribution in [3.8, 4) is 17.1 Å². The van der Waals surface area contributed by atoms with Crippen molar-refractivity contribution in [2.45, 2.75) is 26.3 Å². The van der Waals surface area contributed by atoms with E-state index in [1.54, 1.807) is 38.1 Å². The van der Waals surface area contributed by atoms with Gasteiger partial charge in [0.1, 0.15) is 5.75 Å². The van der Waals surface area contributed by atoms with Crippen LogP contribution in [0.2, 0.25) is 0 Å². The topological polar surface area (TPSA) is 90.1 Å². The molecule has 0 fully saturated rings. The number of ether oxygens (including phenoxy) is 1. The molecule has 0 amide bonds. The fourth-order valence-corrected chi connectivity index (χ4v) is 1.70. The van der Waals surface area contributed by atoms with Crippen molar-refractivity contribution in [2.75, 3.05) is 6.61 Å². The first-order valence-electron chi connectivity index (χ1n) is 6.22. The van der Waals surface area contributed by atoms with Gasteiger partial charge in [0.2, 0.25) is 0 Å². The quantitative estimate of drug-likeness (QED) is 0.891. The maximum absolute atomic E-state index is 11.3. The smallest absolute Gasteiger partial charge is 0.331 e. The first kappa shape index (κ1) is 14.0. The van der Waals surface area contributed by atoms with Crippen molar-refractivity contribution >= 4 is 5.97 Å². The lowest BCUT2D eigenvalue weighted by atomic mass is 10.1. The van der Waals surface area contributed by atoms with Crippen LogP contribution < -0.4 is 4.74 Å². The molecule has 0 saturated heterocycles. The van der Waals surface area contributed by atoms with Crippen LogP contribution in [-0.4, -0.2) is 37.9 Å². The fraction of sp³-hybridized carbons (Fsp3) is 0.385. The predicted octanol–water partition coefficient (Wildman–Crippen LogP) is 1.56. The molecule has 0 bridgehead atoms. The number of benzene rings is 1. The molecular weight excluding hydrogens is 260 g/mol. The Morgan fingerprint density at radius 2 is 2.00 bits per heavy atom. The van der Waals surface area contributed by atoms with Crippen LogP contribution in [0.3, 0.4) is 0 Å². The zero-order chi connectivity index (χ0) is 14.8. The van der Waals surface area contributed by atoms with E-state index in [9.17, 15) is 9.90 Å². The molecule has 106 valence electrons. The van der Waals surface area contributed by atoms with Gasteiger partial charge in [0, 0.05) is 5.56 Å². The minimum absolute atomic E-state index is 0.403. The Balaban J connectivity index is 2.39. The van der Waals surface area contributed by atoms with Crippen LogP contribution in [0.5, 0.6) is 5.75 Å². The third kappa shape index (κ3) is 2.47. The molecule has 1 aromatic heterocycles. The van der Waals surface area contributed by atoms with Crippen LogP contribution in [0.15, 0.2) is 24.3 Å². The minimum Gasteiger partial charge on any atom is -0.494 e. The summed E-state index contributed by atoms with van der Waals surface area (Å²) in [6.45, 7) is 5.58. The Labute approximate surface area is 116 Å². The summed E-state index contributed by atoms with van der Waals surface area (Å²) in [5, 5.41) is 20.5. The third-order valence-corrected chi connectivity index (χ3v) is 2.95. The first-order valence-corrected chi connectivity index (χ1v) is 6.22. The summed E-state index contributed by atoms with van der Waals surface area (Å²) < 4.78 is 6.66.